The van der Waals surface area contributed by atoms with Crippen LogP contribution < -0.4 is 0 Å². The van der Waals surface area contributed by atoms with Gasteiger partial charge in [0.15, 0.2) is 0 Å². The van der Waals surface area contributed by atoms with E-state index in [0.29, 0.717) is 5.91 Å². The Hall–Kier alpha value is -0.180. The summed E-state index contributed by atoms with van der Waals surface area (Å²) in [5.74, 6) is 1.32. The van der Waals surface area contributed by atoms with E-state index in [-0.39, 0.29) is 0 Å². The lowest BCUT2D eigenvalue weighted by Crippen LogP contribution is -2.35. The van der Waals surface area contributed by atoms with Crippen LogP contribution in [-0.4, -0.2) is 35.9 Å². The molecule has 70 valence electrons. The quantitative estimate of drug-likeness (QED) is 0.671. The molecular formula is C9H17NOS. The molecule has 0 aromatic carbocycles. The molecule has 0 N–H and O–H groups in total. The zero-order valence-corrected chi connectivity index (χ0v) is 8.53. The first kappa shape index (κ1) is 9.90. The fraction of sp³-hybridized carbons (Fsp3) is 0.889. The number of piperidine rings is 1. The highest BCUT2D eigenvalue weighted by Crippen LogP contribution is 2.10. The number of carbonyl (C=O) groups excluding carboxylic acids is 1. The largest absolute Gasteiger partial charge is 0.343 e. The van der Waals surface area contributed by atoms with Gasteiger partial charge in [-0.05, 0) is 25.5 Å². The third kappa shape index (κ3) is 3.05. The van der Waals surface area contributed by atoms with E-state index in [1.54, 1.807) is 11.8 Å². The minimum absolute atomic E-state index is 0.351. The number of hydrogen-bond acceptors (Lipinski definition) is 2. The molecule has 3 heteroatoms. The monoisotopic (exact) mass is 187 g/mol. The smallest absolute Gasteiger partial charge is 0.223 e. The van der Waals surface area contributed by atoms with Crippen LogP contribution in [0.15, 0.2) is 0 Å². The van der Waals surface area contributed by atoms with E-state index < -0.39 is 0 Å². The summed E-state index contributed by atoms with van der Waals surface area (Å²) in [7, 11) is 0. The molecule has 1 amide bonds. The summed E-state index contributed by atoms with van der Waals surface area (Å²) in [4.78, 5) is 13.5. The van der Waals surface area contributed by atoms with Crippen molar-refractivity contribution in [2.45, 2.75) is 25.7 Å². The normalized spacial score (nSPS) is 17.9. The Morgan fingerprint density at radius 3 is 2.58 bits per heavy atom. The predicted molar refractivity (Wildman–Crippen MR) is 53.4 cm³/mol. The fourth-order valence-corrected chi connectivity index (χ4v) is 1.87. The van der Waals surface area contributed by atoms with Crippen LogP contribution in [0.25, 0.3) is 0 Å². The topological polar surface area (TPSA) is 20.3 Å². The van der Waals surface area contributed by atoms with E-state index in [9.17, 15) is 4.79 Å². The van der Waals surface area contributed by atoms with Gasteiger partial charge in [0.2, 0.25) is 5.91 Å². The number of hydrogen-bond donors (Lipinski definition) is 0. The SMILES string of the molecule is CSCCC(=O)N1CCCCC1. The van der Waals surface area contributed by atoms with Crippen molar-refractivity contribution in [1.82, 2.24) is 4.90 Å². The van der Waals surface area contributed by atoms with Crippen molar-refractivity contribution >= 4 is 17.7 Å². The standard InChI is InChI=1S/C9H17NOS/c1-12-8-5-9(11)10-6-3-2-4-7-10/h2-8H2,1H3. The van der Waals surface area contributed by atoms with Crippen molar-refractivity contribution < 1.29 is 4.79 Å². The summed E-state index contributed by atoms with van der Waals surface area (Å²) in [5, 5.41) is 0. The zero-order valence-electron chi connectivity index (χ0n) is 7.71. The molecule has 0 spiro atoms. The highest BCUT2D eigenvalue weighted by atomic mass is 32.2. The molecular weight excluding hydrogens is 170 g/mol. The number of rotatable bonds is 3. The zero-order chi connectivity index (χ0) is 8.81. The van der Waals surface area contributed by atoms with Crippen molar-refractivity contribution in [3.8, 4) is 0 Å². The van der Waals surface area contributed by atoms with Crippen LogP contribution in [0.2, 0.25) is 0 Å². The van der Waals surface area contributed by atoms with Gasteiger partial charge in [-0.1, -0.05) is 0 Å². The lowest BCUT2D eigenvalue weighted by molar-refractivity contribution is -0.131. The van der Waals surface area contributed by atoms with E-state index >= 15 is 0 Å². The number of carbonyl (C=O) groups is 1. The number of likely N-dealkylation sites (tertiary alicyclic amines) is 1. The van der Waals surface area contributed by atoms with Gasteiger partial charge in [-0.25, -0.2) is 0 Å². The molecule has 1 saturated heterocycles. The average molecular weight is 187 g/mol. The molecule has 1 aliphatic rings. The Bertz CT molecular complexity index is 143. The Labute approximate surface area is 78.7 Å². The summed E-state index contributed by atoms with van der Waals surface area (Å²) in [6.45, 7) is 1.99. The summed E-state index contributed by atoms with van der Waals surface area (Å²) in [5.41, 5.74) is 0. The Morgan fingerprint density at radius 2 is 2.00 bits per heavy atom. The first-order valence-electron chi connectivity index (χ1n) is 4.61. The number of amides is 1. The van der Waals surface area contributed by atoms with Crippen LogP contribution in [0.4, 0.5) is 0 Å². The molecule has 0 saturated carbocycles. The van der Waals surface area contributed by atoms with Crippen molar-refractivity contribution in [3.63, 3.8) is 0 Å². The van der Waals surface area contributed by atoms with Gasteiger partial charge >= 0.3 is 0 Å². The molecule has 1 fully saturated rings. The van der Waals surface area contributed by atoms with E-state index in [2.05, 4.69) is 0 Å². The maximum atomic E-state index is 11.5. The maximum Gasteiger partial charge on any atom is 0.223 e. The molecule has 0 bridgehead atoms. The molecule has 1 aliphatic heterocycles. The van der Waals surface area contributed by atoms with E-state index in [4.69, 9.17) is 0 Å². The second kappa shape index (κ2) is 5.46. The van der Waals surface area contributed by atoms with Gasteiger partial charge in [-0.3, -0.25) is 4.79 Å². The Kier molecular flexibility index (Phi) is 4.51. The molecule has 12 heavy (non-hydrogen) atoms. The van der Waals surface area contributed by atoms with Crippen LogP contribution >= 0.6 is 11.8 Å². The van der Waals surface area contributed by atoms with E-state index in [0.717, 1.165) is 25.3 Å². The predicted octanol–water partition coefficient (Wildman–Crippen LogP) is 1.75. The first-order chi connectivity index (χ1) is 5.84. The van der Waals surface area contributed by atoms with Gasteiger partial charge in [-0.15, -0.1) is 0 Å². The molecule has 0 aromatic rings. The van der Waals surface area contributed by atoms with Crippen LogP contribution in [0.1, 0.15) is 25.7 Å². The summed E-state index contributed by atoms with van der Waals surface area (Å²) < 4.78 is 0. The molecule has 0 unspecified atom stereocenters. The number of thioether (sulfide) groups is 1. The lowest BCUT2D eigenvalue weighted by Gasteiger charge is -2.26. The van der Waals surface area contributed by atoms with E-state index in [1.165, 1.54) is 19.3 Å². The van der Waals surface area contributed by atoms with Crippen LogP contribution in [0.5, 0.6) is 0 Å². The van der Waals surface area contributed by atoms with Gasteiger partial charge in [0.1, 0.15) is 0 Å². The lowest BCUT2D eigenvalue weighted by atomic mass is 10.1. The average Bonchev–Trinajstić information content (AvgIpc) is 2.15. The van der Waals surface area contributed by atoms with Crippen LogP contribution in [0.3, 0.4) is 0 Å². The van der Waals surface area contributed by atoms with Crippen LogP contribution in [0, 0.1) is 0 Å². The third-order valence-corrected chi connectivity index (χ3v) is 2.84. The van der Waals surface area contributed by atoms with Gasteiger partial charge < -0.3 is 4.90 Å². The Balaban J connectivity index is 2.20. The molecule has 0 radical (unpaired) electrons. The minimum atomic E-state index is 0.351. The molecule has 0 atom stereocenters. The molecule has 2 nitrogen and oxygen atoms in total. The van der Waals surface area contributed by atoms with Crippen LogP contribution in [-0.2, 0) is 4.79 Å². The minimum Gasteiger partial charge on any atom is -0.343 e. The summed E-state index contributed by atoms with van der Waals surface area (Å²) in [6, 6.07) is 0. The summed E-state index contributed by atoms with van der Waals surface area (Å²) in [6.07, 6.45) is 6.47. The fourth-order valence-electron chi connectivity index (χ4n) is 1.49. The van der Waals surface area contributed by atoms with Gasteiger partial charge in [0.25, 0.3) is 0 Å². The molecule has 1 heterocycles. The maximum absolute atomic E-state index is 11.5. The Morgan fingerprint density at radius 1 is 1.33 bits per heavy atom. The van der Waals surface area contributed by atoms with Crippen molar-refractivity contribution in [3.05, 3.63) is 0 Å². The first-order valence-corrected chi connectivity index (χ1v) is 6.00. The van der Waals surface area contributed by atoms with Gasteiger partial charge in [0, 0.05) is 25.3 Å². The van der Waals surface area contributed by atoms with E-state index in [1.807, 2.05) is 11.2 Å². The second-order valence-corrected chi connectivity index (χ2v) is 4.17. The molecule has 0 aliphatic carbocycles. The van der Waals surface area contributed by atoms with Crippen molar-refractivity contribution in [1.29, 1.82) is 0 Å². The highest BCUT2D eigenvalue weighted by Gasteiger charge is 2.15. The second-order valence-electron chi connectivity index (χ2n) is 3.18. The highest BCUT2D eigenvalue weighted by molar-refractivity contribution is 7.98. The third-order valence-electron chi connectivity index (χ3n) is 2.23. The summed E-state index contributed by atoms with van der Waals surface area (Å²) >= 11 is 1.75. The van der Waals surface area contributed by atoms with Crippen molar-refractivity contribution in [2.24, 2.45) is 0 Å². The van der Waals surface area contributed by atoms with Gasteiger partial charge in [-0.2, -0.15) is 11.8 Å². The number of nitrogens with zero attached hydrogens (tertiary/aromatic N) is 1. The van der Waals surface area contributed by atoms with Crippen molar-refractivity contribution in [2.75, 3.05) is 25.1 Å². The van der Waals surface area contributed by atoms with Gasteiger partial charge in [0.05, 0.1) is 0 Å². The molecule has 1 rings (SSSR count). The molecule has 0 aromatic heterocycles.